The SMILES string of the molecule is COc1cc(C=O)cc2nc(-c3cc4ccc5nc4n3CCCCCCCOc3ncccc3-5)n(C)c12. The fourth-order valence-corrected chi connectivity index (χ4v) is 5.24. The van der Waals surface area contributed by atoms with Gasteiger partial charge in [-0.15, -0.1) is 0 Å². The number of carbonyl (C=O) groups excluding carboxylic acids is 1. The van der Waals surface area contributed by atoms with Crippen molar-refractivity contribution in [3.8, 4) is 34.4 Å². The lowest BCUT2D eigenvalue weighted by Gasteiger charge is -2.13. The molecule has 0 saturated carbocycles. The number of carbonyl (C=O) groups is 1. The van der Waals surface area contributed by atoms with Crippen LogP contribution in [-0.4, -0.2) is 44.1 Å². The molecule has 8 nitrogen and oxygen atoms in total. The van der Waals surface area contributed by atoms with Gasteiger partial charge in [-0.25, -0.2) is 15.0 Å². The summed E-state index contributed by atoms with van der Waals surface area (Å²) < 4.78 is 16.0. The maximum atomic E-state index is 11.5. The van der Waals surface area contributed by atoms with Gasteiger partial charge in [0.25, 0.3) is 0 Å². The van der Waals surface area contributed by atoms with Gasteiger partial charge in [0.1, 0.15) is 23.2 Å². The minimum Gasteiger partial charge on any atom is -0.494 e. The molecule has 5 heterocycles. The highest BCUT2D eigenvalue weighted by Gasteiger charge is 2.21. The first-order valence-corrected chi connectivity index (χ1v) is 12.8. The summed E-state index contributed by atoms with van der Waals surface area (Å²) in [6.45, 7) is 1.50. The fourth-order valence-electron chi connectivity index (χ4n) is 5.24. The Morgan fingerprint density at radius 2 is 1.89 bits per heavy atom. The Hall–Kier alpha value is -4.20. The number of nitrogens with zero attached hydrogens (tertiary/aromatic N) is 5. The fraction of sp³-hybridized carbons (Fsp3) is 0.310. The van der Waals surface area contributed by atoms with E-state index in [-0.39, 0.29) is 0 Å². The van der Waals surface area contributed by atoms with Crippen LogP contribution in [-0.2, 0) is 13.6 Å². The number of aldehydes is 1. The first kappa shape index (κ1) is 23.2. The van der Waals surface area contributed by atoms with Crippen LogP contribution in [0.3, 0.4) is 0 Å². The Morgan fingerprint density at radius 1 is 1.03 bits per heavy atom. The number of hydrogen-bond acceptors (Lipinski definition) is 6. The quantitative estimate of drug-likeness (QED) is 0.294. The molecule has 1 aromatic carbocycles. The van der Waals surface area contributed by atoms with Gasteiger partial charge < -0.3 is 18.6 Å². The summed E-state index contributed by atoms with van der Waals surface area (Å²) in [5.41, 5.74) is 5.74. The van der Waals surface area contributed by atoms with Gasteiger partial charge in [-0.3, -0.25) is 4.79 Å². The van der Waals surface area contributed by atoms with Gasteiger partial charge in [0, 0.05) is 30.7 Å². The van der Waals surface area contributed by atoms with Crippen LogP contribution in [0.1, 0.15) is 42.5 Å². The van der Waals surface area contributed by atoms with E-state index >= 15 is 0 Å². The maximum Gasteiger partial charge on any atom is 0.222 e. The van der Waals surface area contributed by atoms with Gasteiger partial charge in [-0.05, 0) is 55.3 Å². The number of hydrogen-bond donors (Lipinski definition) is 0. The largest absolute Gasteiger partial charge is 0.494 e. The Morgan fingerprint density at radius 3 is 2.76 bits per heavy atom. The molecule has 0 radical (unpaired) electrons. The maximum absolute atomic E-state index is 11.5. The molecule has 8 heteroatoms. The highest BCUT2D eigenvalue weighted by Crippen LogP contribution is 2.35. The second-order valence-electron chi connectivity index (χ2n) is 9.47. The highest BCUT2D eigenvalue weighted by molar-refractivity contribution is 5.93. The number of aromatic nitrogens is 5. The van der Waals surface area contributed by atoms with Crippen molar-refractivity contribution < 1.29 is 14.3 Å². The Bertz CT molecular complexity index is 1620. The Labute approximate surface area is 214 Å². The number of rotatable bonds is 3. The number of fused-ring (bicyclic) bond motifs is 4. The predicted octanol–water partition coefficient (Wildman–Crippen LogP) is 5.82. The summed E-state index contributed by atoms with van der Waals surface area (Å²) >= 11 is 0. The summed E-state index contributed by atoms with van der Waals surface area (Å²) in [4.78, 5) is 26.1. The summed E-state index contributed by atoms with van der Waals surface area (Å²) in [6.07, 6.45) is 8.05. The zero-order valence-corrected chi connectivity index (χ0v) is 21.1. The third-order valence-electron chi connectivity index (χ3n) is 7.10. The smallest absolute Gasteiger partial charge is 0.222 e. The third-order valence-corrected chi connectivity index (χ3v) is 7.10. The molecule has 0 saturated heterocycles. The molecule has 1 aliphatic rings. The second kappa shape index (κ2) is 9.69. The summed E-state index contributed by atoms with van der Waals surface area (Å²) in [6, 6.07) is 13.8. The molecule has 0 atom stereocenters. The Kier molecular flexibility index (Phi) is 6.08. The van der Waals surface area contributed by atoms with Crippen LogP contribution in [0.25, 0.3) is 44.8 Å². The van der Waals surface area contributed by atoms with E-state index in [1.807, 2.05) is 29.8 Å². The van der Waals surface area contributed by atoms with Crippen molar-refractivity contribution in [3.05, 3.63) is 54.2 Å². The molecule has 6 rings (SSSR count). The van der Waals surface area contributed by atoms with Crippen LogP contribution in [0.2, 0.25) is 0 Å². The van der Waals surface area contributed by atoms with Gasteiger partial charge in [0.2, 0.25) is 5.88 Å². The number of imidazole rings is 1. The molecule has 0 amide bonds. The number of aryl methyl sites for hydroxylation is 2. The van der Waals surface area contributed by atoms with Crippen LogP contribution >= 0.6 is 0 Å². The summed E-state index contributed by atoms with van der Waals surface area (Å²) in [5.74, 6) is 2.06. The molecule has 0 aliphatic carbocycles. The normalized spacial score (nSPS) is 14.3. The third kappa shape index (κ3) is 4.12. The van der Waals surface area contributed by atoms with Gasteiger partial charge in [0.15, 0.2) is 5.82 Å². The molecular weight excluding hydrogens is 466 g/mol. The molecule has 188 valence electrons. The molecule has 37 heavy (non-hydrogen) atoms. The lowest BCUT2D eigenvalue weighted by Crippen LogP contribution is -2.06. The monoisotopic (exact) mass is 495 g/mol. The first-order chi connectivity index (χ1) is 18.2. The van der Waals surface area contributed by atoms with Gasteiger partial charge in [-0.2, -0.15) is 0 Å². The van der Waals surface area contributed by atoms with E-state index in [1.54, 1.807) is 25.4 Å². The van der Waals surface area contributed by atoms with Crippen molar-refractivity contribution in [1.29, 1.82) is 0 Å². The average molecular weight is 496 g/mol. The molecule has 0 fully saturated rings. The molecule has 4 aromatic heterocycles. The van der Waals surface area contributed by atoms with Crippen molar-refractivity contribution in [3.63, 3.8) is 0 Å². The van der Waals surface area contributed by atoms with E-state index < -0.39 is 0 Å². The van der Waals surface area contributed by atoms with Crippen molar-refractivity contribution in [1.82, 2.24) is 24.1 Å². The highest BCUT2D eigenvalue weighted by atomic mass is 16.5. The number of benzene rings is 1. The zero-order chi connectivity index (χ0) is 25.4. The predicted molar refractivity (Wildman–Crippen MR) is 143 cm³/mol. The minimum atomic E-state index is 0.539. The van der Waals surface area contributed by atoms with Crippen LogP contribution in [0.4, 0.5) is 0 Å². The van der Waals surface area contributed by atoms with E-state index in [4.69, 9.17) is 19.4 Å². The van der Waals surface area contributed by atoms with E-state index in [2.05, 4.69) is 21.7 Å². The molecule has 1 aliphatic heterocycles. The summed E-state index contributed by atoms with van der Waals surface area (Å²) in [5, 5.41) is 1.05. The lowest BCUT2D eigenvalue weighted by atomic mass is 10.1. The minimum absolute atomic E-state index is 0.539. The second-order valence-corrected chi connectivity index (χ2v) is 9.47. The molecule has 0 spiro atoms. The van der Waals surface area contributed by atoms with Gasteiger partial charge in [0.05, 0.1) is 36.2 Å². The van der Waals surface area contributed by atoms with Crippen molar-refractivity contribution >= 4 is 28.4 Å². The zero-order valence-electron chi connectivity index (χ0n) is 21.1. The van der Waals surface area contributed by atoms with E-state index in [9.17, 15) is 4.79 Å². The van der Waals surface area contributed by atoms with Gasteiger partial charge >= 0.3 is 0 Å². The topological polar surface area (TPSA) is 84.1 Å². The molecule has 5 aromatic rings. The lowest BCUT2D eigenvalue weighted by molar-refractivity contribution is 0.112. The summed E-state index contributed by atoms with van der Waals surface area (Å²) in [7, 11) is 3.60. The average Bonchev–Trinajstić information content (AvgIpc) is 3.46. The van der Waals surface area contributed by atoms with Crippen molar-refractivity contribution in [2.45, 2.75) is 38.6 Å². The Balaban J connectivity index is 1.56. The van der Waals surface area contributed by atoms with Crippen LogP contribution in [0, 0.1) is 0 Å². The molecule has 0 unspecified atom stereocenters. The number of ether oxygens (including phenoxy) is 2. The number of methoxy groups -OCH3 is 1. The molecule has 0 N–H and O–H groups in total. The van der Waals surface area contributed by atoms with Gasteiger partial charge in [-0.1, -0.05) is 19.3 Å². The van der Waals surface area contributed by atoms with E-state index in [0.29, 0.717) is 23.8 Å². The van der Waals surface area contributed by atoms with Crippen LogP contribution in [0.15, 0.2) is 48.7 Å². The standard InChI is InChI=1S/C29H29N5O3/c1-33-26-23(15-19(18-35)16-25(26)36-2)32-28(33)24-17-20-10-11-22-21-9-8-12-30-29(21)37-14-7-5-3-4-6-13-34(24)27(20)31-22/h8-12,15-18H,3-7,13-14H2,1-2H3. The number of pyridine rings is 2. The van der Waals surface area contributed by atoms with E-state index in [1.165, 1.54) is 0 Å². The van der Waals surface area contributed by atoms with Crippen LogP contribution < -0.4 is 9.47 Å². The van der Waals surface area contributed by atoms with Crippen LogP contribution in [0.5, 0.6) is 11.6 Å². The molecule has 2 bridgehead atoms. The first-order valence-electron chi connectivity index (χ1n) is 12.8. The van der Waals surface area contributed by atoms with E-state index in [0.717, 1.165) is 89.8 Å². The molecular formula is C29H29N5O3. The van der Waals surface area contributed by atoms with Crippen molar-refractivity contribution in [2.75, 3.05) is 13.7 Å². The van der Waals surface area contributed by atoms with Crippen molar-refractivity contribution in [2.24, 2.45) is 7.05 Å².